The number of benzene rings is 2. The van der Waals surface area contributed by atoms with Crippen LogP contribution in [0.3, 0.4) is 0 Å². The lowest BCUT2D eigenvalue weighted by Crippen LogP contribution is -2.44. The molecule has 2 aromatic carbocycles. The van der Waals surface area contributed by atoms with E-state index < -0.39 is 0 Å². The van der Waals surface area contributed by atoms with Crippen LogP contribution in [0.25, 0.3) is 11.1 Å². The molecule has 0 amide bonds. The van der Waals surface area contributed by atoms with Crippen molar-refractivity contribution in [1.29, 1.82) is 0 Å². The van der Waals surface area contributed by atoms with Gasteiger partial charge in [0.1, 0.15) is 5.76 Å². The number of halogens is 2. The summed E-state index contributed by atoms with van der Waals surface area (Å²) in [6.45, 7) is 4.18. The Morgan fingerprint density at radius 2 is 1.70 bits per heavy atom. The van der Waals surface area contributed by atoms with Crippen molar-refractivity contribution in [3.05, 3.63) is 76.1 Å². The summed E-state index contributed by atoms with van der Waals surface area (Å²) in [6.07, 6.45) is 3.62. The second kappa shape index (κ2) is 8.37. The van der Waals surface area contributed by atoms with Gasteiger partial charge in [0.15, 0.2) is 0 Å². The Kier molecular flexibility index (Phi) is 5.98. The van der Waals surface area contributed by atoms with E-state index >= 15 is 0 Å². The number of fused-ring (bicyclic) bond motifs is 2. The van der Waals surface area contributed by atoms with Crippen LogP contribution in [0.4, 0.5) is 0 Å². The van der Waals surface area contributed by atoms with Gasteiger partial charge in [-0.3, -0.25) is 4.90 Å². The Balaban J connectivity index is 0.00000218. The van der Waals surface area contributed by atoms with E-state index in [9.17, 15) is 0 Å². The first kappa shape index (κ1) is 21.4. The zero-order chi connectivity index (χ0) is 20.1. The largest absolute Gasteiger partial charge is 0.360 e. The summed E-state index contributed by atoms with van der Waals surface area (Å²) in [7, 11) is 2.28. The van der Waals surface area contributed by atoms with Gasteiger partial charge >= 0.3 is 0 Å². The fourth-order valence-electron chi connectivity index (χ4n) is 5.56. The molecule has 2 unspecified atom stereocenters. The maximum Gasteiger partial charge on any atom is 0.150 e. The molecule has 1 aromatic heterocycles. The van der Waals surface area contributed by atoms with Crippen LogP contribution in [0.1, 0.15) is 53.7 Å². The predicted molar refractivity (Wildman–Crippen MR) is 125 cm³/mol. The Morgan fingerprint density at radius 1 is 1.00 bits per heavy atom. The van der Waals surface area contributed by atoms with Crippen molar-refractivity contribution in [1.82, 2.24) is 10.1 Å². The molecule has 2 bridgehead atoms. The fraction of sp³-hybridized carbons (Fsp3) is 0.400. The summed E-state index contributed by atoms with van der Waals surface area (Å²) < 4.78 is 6.09. The molecule has 0 aliphatic carbocycles. The topological polar surface area (TPSA) is 29.3 Å². The number of aryl methyl sites for hydroxylation is 2. The Labute approximate surface area is 189 Å². The van der Waals surface area contributed by atoms with Gasteiger partial charge in [0.05, 0.1) is 5.69 Å². The SMILES string of the molecule is Cc1ccc(-c2c(C)noc2[C@@H]2C3CCC(C[C@@H]2c2ccc(Cl)cc2)N3C)cc1.Cl. The van der Waals surface area contributed by atoms with E-state index in [-0.39, 0.29) is 18.3 Å². The van der Waals surface area contributed by atoms with Crippen LogP contribution in [-0.2, 0) is 0 Å². The lowest BCUT2D eigenvalue weighted by atomic mass is 9.73. The quantitative estimate of drug-likeness (QED) is 0.448. The first-order valence-corrected chi connectivity index (χ1v) is 10.9. The van der Waals surface area contributed by atoms with Gasteiger partial charge in [-0.2, -0.15) is 0 Å². The van der Waals surface area contributed by atoms with Crippen LogP contribution in [0.2, 0.25) is 5.02 Å². The lowest BCUT2D eigenvalue weighted by Gasteiger charge is -2.42. The van der Waals surface area contributed by atoms with Crippen molar-refractivity contribution in [2.24, 2.45) is 0 Å². The van der Waals surface area contributed by atoms with Gasteiger partial charge in [0.25, 0.3) is 0 Å². The zero-order valence-electron chi connectivity index (χ0n) is 17.6. The fourth-order valence-corrected chi connectivity index (χ4v) is 5.69. The third-order valence-corrected chi connectivity index (χ3v) is 7.35. The van der Waals surface area contributed by atoms with Crippen LogP contribution in [0, 0.1) is 13.8 Å². The zero-order valence-corrected chi connectivity index (χ0v) is 19.2. The van der Waals surface area contributed by atoms with E-state index in [1.807, 2.05) is 12.1 Å². The number of likely N-dealkylation sites (N-methyl/N-ethyl adjacent to an activating group) is 1. The van der Waals surface area contributed by atoms with E-state index in [1.54, 1.807) is 0 Å². The molecule has 0 spiro atoms. The molecule has 2 saturated heterocycles. The van der Waals surface area contributed by atoms with Crippen molar-refractivity contribution in [3.8, 4) is 11.1 Å². The molecule has 0 saturated carbocycles. The van der Waals surface area contributed by atoms with Crippen LogP contribution >= 0.6 is 24.0 Å². The minimum Gasteiger partial charge on any atom is -0.360 e. The minimum absolute atomic E-state index is 0. The number of piperidine rings is 1. The molecule has 2 fully saturated rings. The molecule has 5 rings (SSSR count). The molecular weight excluding hydrogens is 415 g/mol. The average molecular weight is 443 g/mol. The van der Waals surface area contributed by atoms with Crippen molar-refractivity contribution >= 4 is 24.0 Å². The summed E-state index contributed by atoms with van der Waals surface area (Å²) in [5.41, 5.74) is 5.96. The molecule has 3 aromatic rings. The average Bonchev–Trinajstić information content (AvgIpc) is 3.19. The van der Waals surface area contributed by atoms with Crippen molar-refractivity contribution in [2.45, 2.75) is 57.0 Å². The Hall–Kier alpha value is -1.81. The number of rotatable bonds is 3. The Bertz CT molecular complexity index is 1010. The Morgan fingerprint density at radius 3 is 2.40 bits per heavy atom. The van der Waals surface area contributed by atoms with Gasteiger partial charge in [-0.25, -0.2) is 0 Å². The molecular formula is C25H28Cl2N2O. The van der Waals surface area contributed by atoms with Crippen LogP contribution in [0.15, 0.2) is 53.1 Å². The summed E-state index contributed by atoms with van der Waals surface area (Å²) in [4.78, 5) is 2.58. The van der Waals surface area contributed by atoms with Gasteiger partial charge in [0.2, 0.25) is 0 Å². The maximum atomic E-state index is 6.18. The molecule has 4 atom stereocenters. The molecule has 2 aliphatic rings. The summed E-state index contributed by atoms with van der Waals surface area (Å²) in [6, 6.07) is 18.3. The van der Waals surface area contributed by atoms with Gasteiger partial charge in [-0.05, 0) is 69.3 Å². The minimum atomic E-state index is 0. The predicted octanol–water partition coefficient (Wildman–Crippen LogP) is 6.77. The van der Waals surface area contributed by atoms with Crippen molar-refractivity contribution < 1.29 is 4.52 Å². The maximum absolute atomic E-state index is 6.18. The monoisotopic (exact) mass is 442 g/mol. The van der Waals surface area contributed by atoms with E-state index in [0.717, 1.165) is 22.9 Å². The van der Waals surface area contributed by atoms with Gasteiger partial charge in [0, 0.05) is 28.6 Å². The van der Waals surface area contributed by atoms with Gasteiger partial charge < -0.3 is 4.52 Å². The molecule has 0 N–H and O–H groups in total. The van der Waals surface area contributed by atoms with Crippen LogP contribution in [-0.4, -0.2) is 29.2 Å². The van der Waals surface area contributed by atoms with Crippen molar-refractivity contribution in [3.63, 3.8) is 0 Å². The molecule has 158 valence electrons. The second-order valence-electron chi connectivity index (χ2n) is 8.76. The summed E-state index contributed by atoms with van der Waals surface area (Å²) >= 11 is 6.18. The van der Waals surface area contributed by atoms with Crippen molar-refractivity contribution in [2.75, 3.05) is 7.05 Å². The second-order valence-corrected chi connectivity index (χ2v) is 9.19. The molecule has 2 aliphatic heterocycles. The summed E-state index contributed by atoms with van der Waals surface area (Å²) in [5, 5.41) is 5.21. The summed E-state index contributed by atoms with van der Waals surface area (Å²) in [5.74, 6) is 1.75. The molecule has 3 nitrogen and oxygen atoms in total. The highest BCUT2D eigenvalue weighted by Gasteiger charge is 2.49. The normalized spacial score (nSPS) is 25.9. The number of hydrogen-bond acceptors (Lipinski definition) is 3. The first-order chi connectivity index (χ1) is 14.0. The molecule has 30 heavy (non-hydrogen) atoms. The highest BCUT2D eigenvalue weighted by molar-refractivity contribution is 6.30. The standard InChI is InChI=1S/C25H27ClN2O.ClH/c1-15-4-6-18(7-5-15)23-16(2)27-29-25(23)24-21(17-8-10-19(26)11-9-17)14-20-12-13-22(24)28(20)3;/h4-11,20-22,24H,12-14H2,1-3H3;1H/t20?,21-,22?,24+;/m1./s1. The third kappa shape index (κ3) is 3.57. The smallest absolute Gasteiger partial charge is 0.150 e. The van der Waals surface area contributed by atoms with E-state index in [0.29, 0.717) is 18.0 Å². The van der Waals surface area contributed by atoms with E-state index in [2.05, 4.69) is 67.3 Å². The number of hydrogen-bond donors (Lipinski definition) is 0. The first-order valence-electron chi connectivity index (χ1n) is 10.5. The van der Waals surface area contributed by atoms with Gasteiger partial charge in [-0.1, -0.05) is 58.7 Å². The number of aromatic nitrogens is 1. The highest BCUT2D eigenvalue weighted by atomic mass is 35.5. The molecule has 0 radical (unpaired) electrons. The lowest BCUT2D eigenvalue weighted by molar-refractivity contribution is 0.122. The molecule has 3 heterocycles. The van der Waals surface area contributed by atoms with E-state index in [1.165, 1.54) is 35.1 Å². The van der Waals surface area contributed by atoms with Crippen LogP contribution in [0.5, 0.6) is 0 Å². The third-order valence-electron chi connectivity index (χ3n) is 7.10. The highest BCUT2D eigenvalue weighted by Crippen LogP contribution is 2.53. The van der Waals surface area contributed by atoms with Gasteiger partial charge in [-0.15, -0.1) is 12.4 Å². The molecule has 5 heteroatoms. The number of nitrogens with zero attached hydrogens (tertiary/aromatic N) is 2. The van der Waals surface area contributed by atoms with Crippen LogP contribution < -0.4 is 0 Å². The van der Waals surface area contributed by atoms with E-state index in [4.69, 9.17) is 16.1 Å².